The fraction of sp³-hybridized carbons (Fsp3) is 0.846. The van der Waals surface area contributed by atoms with Crippen LogP contribution in [0.25, 0.3) is 0 Å². The van der Waals surface area contributed by atoms with Gasteiger partial charge in [0.25, 0.3) is 0 Å². The Hall–Kier alpha value is -0.380. The Morgan fingerprint density at radius 3 is 2.56 bits per heavy atom. The van der Waals surface area contributed by atoms with Gasteiger partial charge in [-0.05, 0) is 33.6 Å². The van der Waals surface area contributed by atoms with Gasteiger partial charge in [-0.3, -0.25) is 0 Å². The molecule has 0 aromatic rings. The van der Waals surface area contributed by atoms with E-state index in [1.807, 2.05) is 6.92 Å². The van der Waals surface area contributed by atoms with Crippen molar-refractivity contribution in [2.24, 2.45) is 0 Å². The van der Waals surface area contributed by atoms with Crippen LogP contribution in [0.3, 0.4) is 0 Å². The maximum Gasteiger partial charge on any atom is 0.165 e. The molecule has 0 amide bonds. The number of ether oxygens (including phenoxy) is 3. The number of hydrogen-bond acceptors (Lipinski definition) is 3. The van der Waals surface area contributed by atoms with Crippen LogP contribution in [0.15, 0.2) is 11.6 Å². The van der Waals surface area contributed by atoms with E-state index in [9.17, 15) is 0 Å². The van der Waals surface area contributed by atoms with Crippen molar-refractivity contribution in [1.82, 2.24) is 0 Å². The highest BCUT2D eigenvalue weighted by Crippen LogP contribution is 2.23. The minimum atomic E-state index is -0.358. The van der Waals surface area contributed by atoms with Crippen molar-refractivity contribution in [3.63, 3.8) is 0 Å². The average molecular weight is 228 g/mol. The predicted molar refractivity (Wildman–Crippen MR) is 64.4 cm³/mol. The molecule has 94 valence electrons. The smallest absolute Gasteiger partial charge is 0.165 e. The van der Waals surface area contributed by atoms with Gasteiger partial charge in [-0.25, -0.2) is 0 Å². The van der Waals surface area contributed by atoms with Crippen LogP contribution in [-0.4, -0.2) is 32.2 Å². The van der Waals surface area contributed by atoms with Gasteiger partial charge in [-0.15, -0.1) is 0 Å². The summed E-state index contributed by atoms with van der Waals surface area (Å²) in [6.07, 6.45) is 5.11. The largest absolute Gasteiger partial charge is 0.381 e. The van der Waals surface area contributed by atoms with Gasteiger partial charge in [0.2, 0.25) is 0 Å². The first-order valence-corrected chi connectivity index (χ1v) is 6.11. The van der Waals surface area contributed by atoms with Crippen LogP contribution in [0.5, 0.6) is 0 Å². The van der Waals surface area contributed by atoms with E-state index in [4.69, 9.17) is 14.2 Å². The summed E-state index contributed by atoms with van der Waals surface area (Å²) >= 11 is 0. The number of hydrogen-bond donors (Lipinski definition) is 0. The molecule has 0 aliphatic carbocycles. The Kier molecular flexibility index (Phi) is 6.03. The second kappa shape index (κ2) is 7.05. The first-order chi connectivity index (χ1) is 7.62. The molecule has 0 spiro atoms. The summed E-state index contributed by atoms with van der Waals surface area (Å²) in [5.74, 6) is -0.358. The number of allylic oxidation sites excluding steroid dienone is 1. The fourth-order valence-electron chi connectivity index (χ4n) is 1.73. The molecule has 1 aliphatic heterocycles. The standard InChI is InChI=1S/C13H24O3/c1-12(2)6-4-8-14-9-5-7-13(3)15-10-11-16-13/h6H,4-5,7-11H2,1-3H3. The van der Waals surface area contributed by atoms with E-state index in [0.29, 0.717) is 0 Å². The lowest BCUT2D eigenvalue weighted by atomic mass is 10.2. The fourth-order valence-corrected chi connectivity index (χ4v) is 1.73. The maximum atomic E-state index is 5.53. The van der Waals surface area contributed by atoms with Crippen LogP contribution in [0.4, 0.5) is 0 Å². The third kappa shape index (κ3) is 5.64. The molecule has 0 aromatic heterocycles. The molecule has 1 saturated heterocycles. The van der Waals surface area contributed by atoms with Crippen LogP contribution >= 0.6 is 0 Å². The molecular weight excluding hydrogens is 204 g/mol. The van der Waals surface area contributed by atoms with E-state index < -0.39 is 0 Å². The zero-order valence-electron chi connectivity index (χ0n) is 10.8. The van der Waals surface area contributed by atoms with Crippen LogP contribution in [-0.2, 0) is 14.2 Å². The second-order valence-electron chi connectivity index (χ2n) is 4.62. The van der Waals surface area contributed by atoms with Crippen molar-refractivity contribution < 1.29 is 14.2 Å². The van der Waals surface area contributed by atoms with Crippen LogP contribution in [0.2, 0.25) is 0 Å². The highest BCUT2D eigenvalue weighted by Gasteiger charge is 2.29. The van der Waals surface area contributed by atoms with Crippen molar-refractivity contribution in [2.75, 3.05) is 26.4 Å². The van der Waals surface area contributed by atoms with Gasteiger partial charge in [0.05, 0.1) is 19.8 Å². The van der Waals surface area contributed by atoms with E-state index in [1.165, 1.54) is 5.57 Å². The molecule has 3 nitrogen and oxygen atoms in total. The molecule has 0 atom stereocenters. The van der Waals surface area contributed by atoms with Crippen molar-refractivity contribution in [1.29, 1.82) is 0 Å². The van der Waals surface area contributed by atoms with Gasteiger partial charge in [0, 0.05) is 13.0 Å². The summed E-state index contributed by atoms with van der Waals surface area (Å²) in [6.45, 7) is 9.26. The monoisotopic (exact) mass is 228 g/mol. The lowest BCUT2D eigenvalue weighted by Crippen LogP contribution is -2.25. The van der Waals surface area contributed by atoms with Gasteiger partial charge in [0.1, 0.15) is 0 Å². The molecular formula is C13H24O3. The van der Waals surface area contributed by atoms with Crippen molar-refractivity contribution in [3.8, 4) is 0 Å². The molecule has 0 saturated carbocycles. The van der Waals surface area contributed by atoms with E-state index in [0.717, 1.165) is 45.7 Å². The number of rotatable bonds is 7. The minimum Gasteiger partial charge on any atom is -0.381 e. The van der Waals surface area contributed by atoms with Crippen LogP contribution in [0, 0.1) is 0 Å². The van der Waals surface area contributed by atoms with Crippen LogP contribution < -0.4 is 0 Å². The van der Waals surface area contributed by atoms with Gasteiger partial charge in [0.15, 0.2) is 5.79 Å². The lowest BCUT2D eigenvalue weighted by Gasteiger charge is -2.21. The molecule has 1 fully saturated rings. The Morgan fingerprint density at radius 2 is 1.94 bits per heavy atom. The normalized spacial score (nSPS) is 18.7. The van der Waals surface area contributed by atoms with Crippen molar-refractivity contribution in [3.05, 3.63) is 11.6 Å². The average Bonchev–Trinajstić information content (AvgIpc) is 2.64. The third-order valence-electron chi connectivity index (χ3n) is 2.63. The lowest BCUT2D eigenvalue weighted by molar-refractivity contribution is -0.149. The molecule has 0 N–H and O–H groups in total. The molecule has 16 heavy (non-hydrogen) atoms. The van der Waals surface area contributed by atoms with E-state index >= 15 is 0 Å². The molecule has 1 rings (SSSR count). The topological polar surface area (TPSA) is 27.7 Å². The summed E-state index contributed by atoms with van der Waals surface area (Å²) in [4.78, 5) is 0. The third-order valence-corrected chi connectivity index (χ3v) is 2.63. The summed E-state index contributed by atoms with van der Waals surface area (Å²) in [5, 5.41) is 0. The predicted octanol–water partition coefficient (Wildman–Crippen LogP) is 2.90. The molecule has 1 aliphatic rings. The minimum absolute atomic E-state index is 0.358. The summed E-state index contributed by atoms with van der Waals surface area (Å²) in [6, 6.07) is 0. The van der Waals surface area contributed by atoms with Gasteiger partial charge >= 0.3 is 0 Å². The molecule has 0 unspecified atom stereocenters. The summed E-state index contributed by atoms with van der Waals surface area (Å²) < 4.78 is 16.6. The zero-order chi connectivity index (χ0) is 11.9. The maximum absolute atomic E-state index is 5.53. The van der Waals surface area contributed by atoms with Crippen LogP contribution in [0.1, 0.15) is 40.0 Å². The molecule has 0 radical (unpaired) electrons. The van der Waals surface area contributed by atoms with Gasteiger partial charge in [-0.2, -0.15) is 0 Å². The molecule has 0 bridgehead atoms. The Bertz CT molecular complexity index is 213. The zero-order valence-corrected chi connectivity index (χ0v) is 10.8. The van der Waals surface area contributed by atoms with Gasteiger partial charge in [-0.1, -0.05) is 11.6 Å². The SMILES string of the molecule is CC(C)=CCCOCCCC1(C)OCCO1. The Labute approximate surface area is 98.8 Å². The Morgan fingerprint density at radius 1 is 1.25 bits per heavy atom. The summed E-state index contributed by atoms with van der Waals surface area (Å²) in [5.41, 5.74) is 1.35. The Balaban J connectivity index is 1.94. The highest BCUT2D eigenvalue weighted by molar-refractivity contribution is 4.92. The molecule has 0 aromatic carbocycles. The van der Waals surface area contributed by atoms with Gasteiger partial charge < -0.3 is 14.2 Å². The first-order valence-electron chi connectivity index (χ1n) is 6.11. The first kappa shape index (κ1) is 13.7. The van der Waals surface area contributed by atoms with Crippen molar-refractivity contribution >= 4 is 0 Å². The van der Waals surface area contributed by atoms with E-state index in [2.05, 4.69) is 19.9 Å². The van der Waals surface area contributed by atoms with Crippen molar-refractivity contribution in [2.45, 2.75) is 45.8 Å². The molecule has 3 heteroatoms. The summed E-state index contributed by atoms with van der Waals surface area (Å²) in [7, 11) is 0. The second-order valence-corrected chi connectivity index (χ2v) is 4.62. The molecule has 1 heterocycles. The quantitative estimate of drug-likeness (QED) is 0.495. The van der Waals surface area contributed by atoms with E-state index in [-0.39, 0.29) is 5.79 Å². The van der Waals surface area contributed by atoms with E-state index in [1.54, 1.807) is 0 Å². The highest BCUT2D eigenvalue weighted by atomic mass is 16.7.